The molecule has 148 valence electrons. The number of morpholine rings is 1. The first-order chi connectivity index (χ1) is 13.1. The van der Waals surface area contributed by atoms with Gasteiger partial charge in [-0.15, -0.1) is 0 Å². The van der Waals surface area contributed by atoms with Crippen molar-refractivity contribution in [2.75, 3.05) is 51.5 Å². The number of benzene rings is 1. The van der Waals surface area contributed by atoms with Crippen molar-refractivity contribution in [3.05, 3.63) is 18.2 Å². The maximum Gasteiger partial charge on any atom is 0.231 e. The Kier molecular flexibility index (Phi) is 6.86. The largest absolute Gasteiger partial charge is 0.544 e. The number of carboxylic acid groups (broad SMARTS) is 1. The minimum Gasteiger partial charge on any atom is -0.544 e. The lowest BCUT2D eigenvalue weighted by molar-refractivity contribution is -0.909. The van der Waals surface area contributed by atoms with Gasteiger partial charge in [0.05, 0.1) is 38.7 Å². The van der Waals surface area contributed by atoms with Crippen LogP contribution in [0.4, 0.5) is 5.69 Å². The molecule has 9 nitrogen and oxygen atoms in total. The van der Waals surface area contributed by atoms with Crippen LogP contribution >= 0.6 is 0 Å². The van der Waals surface area contributed by atoms with Crippen LogP contribution in [0.2, 0.25) is 0 Å². The number of hydrogen-bond donors (Lipinski definition) is 3. The van der Waals surface area contributed by atoms with Crippen LogP contribution in [0.1, 0.15) is 12.8 Å². The van der Waals surface area contributed by atoms with Gasteiger partial charge in [0.1, 0.15) is 19.1 Å². The first kappa shape index (κ1) is 19.4. The van der Waals surface area contributed by atoms with Gasteiger partial charge < -0.3 is 39.6 Å². The van der Waals surface area contributed by atoms with E-state index in [4.69, 9.17) is 14.2 Å². The molecule has 3 rings (SSSR count). The van der Waals surface area contributed by atoms with E-state index in [-0.39, 0.29) is 19.1 Å². The zero-order valence-electron chi connectivity index (χ0n) is 15.2. The molecule has 4 N–H and O–H groups in total. The van der Waals surface area contributed by atoms with E-state index in [2.05, 4.69) is 5.32 Å². The lowest BCUT2D eigenvalue weighted by Crippen LogP contribution is -3.14. The van der Waals surface area contributed by atoms with Crippen molar-refractivity contribution >= 4 is 17.6 Å². The second-order valence-corrected chi connectivity index (χ2v) is 6.74. The highest BCUT2D eigenvalue weighted by atomic mass is 16.7. The van der Waals surface area contributed by atoms with Crippen molar-refractivity contribution in [3.8, 4) is 11.5 Å². The summed E-state index contributed by atoms with van der Waals surface area (Å²) in [5, 5.41) is 15.7. The average molecular weight is 380 g/mol. The summed E-state index contributed by atoms with van der Waals surface area (Å²) in [5.74, 6) is -0.426. The molecular formula is C18H26N3O6+. The molecule has 27 heavy (non-hydrogen) atoms. The predicted octanol–water partition coefficient (Wildman–Crippen LogP) is -3.27. The van der Waals surface area contributed by atoms with Gasteiger partial charge in [-0.05, 0) is 12.1 Å². The Hall–Kier alpha value is -2.36. The van der Waals surface area contributed by atoms with E-state index in [1.807, 2.05) is 0 Å². The summed E-state index contributed by atoms with van der Waals surface area (Å²) < 4.78 is 15.8. The lowest BCUT2D eigenvalue weighted by atomic mass is 10.2. The molecule has 0 bridgehead atoms. The van der Waals surface area contributed by atoms with Crippen molar-refractivity contribution in [1.29, 1.82) is 0 Å². The second-order valence-electron chi connectivity index (χ2n) is 6.74. The topological polar surface area (TPSA) is 118 Å². The van der Waals surface area contributed by atoms with Crippen LogP contribution in [0.5, 0.6) is 11.5 Å². The first-order valence-electron chi connectivity index (χ1n) is 9.27. The number of aliphatic carboxylic acids is 1. The average Bonchev–Trinajstić information content (AvgIpc) is 3.12. The maximum atomic E-state index is 12.2. The minimum absolute atomic E-state index is 0.152. The van der Waals surface area contributed by atoms with E-state index in [0.717, 1.165) is 39.3 Å². The number of hydrogen-bond acceptors (Lipinski definition) is 6. The van der Waals surface area contributed by atoms with Crippen LogP contribution in [0.3, 0.4) is 0 Å². The molecule has 1 atom stereocenters. The van der Waals surface area contributed by atoms with Gasteiger partial charge in [-0.1, -0.05) is 0 Å². The zero-order valence-corrected chi connectivity index (χ0v) is 15.2. The van der Waals surface area contributed by atoms with Crippen LogP contribution in [0.25, 0.3) is 0 Å². The van der Waals surface area contributed by atoms with E-state index in [0.29, 0.717) is 23.7 Å². The summed E-state index contributed by atoms with van der Waals surface area (Å²) >= 11 is 0. The highest BCUT2D eigenvalue weighted by molar-refractivity contribution is 5.93. The Balaban J connectivity index is 1.41. The number of nitrogens with one attached hydrogen (secondary N) is 2. The monoisotopic (exact) mass is 380 g/mol. The molecule has 0 spiro atoms. The standard InChI is InChI=1S/C18H25N3O6/c22-17(20-13-2-3-15-16(10-13)27-12-26-15)11-14(18(23)24)19-4-1-5-21-6-8-25-9-7-21/h2-3,10,14,19H,1,4-9,11-12H2,(H,20,22)(H,23,24)/p+1/t14-/m1/s1. The van der Waals surface area contributed by atoms with Crippen molar-refractivity contribution < 1.29 is 39.1 Å². The highest BCUT2D eigenvalue weighted by Crippen LogP contribution is 2.34. The van der Waals surface area contributed by atoms with Gasteiger partial charge in [-0.3, -0.25) is 4.79 Å². The molecule has 2 heterocycles. The molecule has 1 aromatic carbocycles. The van der Waals surface area contributed by atoms with Gasteiger partial charge in [0, 0.05) is 18.2 Å². The van der Waals surface area contributed by atoms with E-state index in [9.17, 15) is 14.7 Å². The third-order valence-electron chi connectivity index (χ3n) is 4.75. The summed E-state index contributed by atoms with van der Waals surface area (Å²) in [6, 6.07) is 4.14. The Morgan fingerprint density at radius 3 is 2.78 bits per heavy atom. The Bertz CT molecular complexity index is 662. The fourth-order valence-electron chi connectivity index (χ4n) is 3.23. The lowest BCUT2D eigenvalue weighted by Gasteiger charge is -2.23. The highest BCUT2D eigenvalue weighted by Gasteiger charge is 2.20. The van der Waals surface area contributed by atoms with Crippen LogP contribution in [0, 0.1) is 0 Å². The predicted molar refractivity (Wildman–Crippen MR) is 92.4 cm³/mol. The van der Waals surface area contributed by atoms with Gasteiger partial charge >= 0.3 is 0 Å². The van der Waals surface area contributed by atoms with Gasteiger partial charge in [0.2, 0.25) is 12.7 Å². The summed E-state index contributed by atoms with van der Waals surface area (Å²) in [6.07, 6.45) is 0.726. The molecule has 2 aliphatic heterocycles. The summed E-state index contributed by atoms with van der Waals surface area (Å²) in [4.78, 5) is 25.0. The van der Waals surface area contributed by atoms with Crippen molar-refractivity contribution in [3.63, 3.8) is 0 Å². The number of carbonyl (C=O) groups excluding carboxylic acids is 2. The molecule has 1 amide bonds. The minimum atomic E-state index is -1.23. The van der Waals surface area contributed by atoms with Gasteiger partial charge in [-0.2, -0.15) is 0 Å². The van der Waals surface area contributed by atoms with Crippen molar-refractivity contribution in [1.82, 2.24) is 0 Å². The van der Waals surface area contributed by atoms with E-state index in [1.165, 1.54) is 4.90 Å². The molecular weight excluding hydrogens is 354 g/mol. The molecule has 0 saturated carbocycles. The fourth-order valence-corrected chi connectivity index (χ4v) is 3.23. The van der Waals surface area contributed by atoms with Crippen LogP contribution in [-0.2, 0) is 14.3 Å². The molecule has 0 aromatic heterocycles. The number of nitrogens with two attached hydrogens (primary N) is 1. The van der Waals surface area contributed by atoms with Gasteiger partial charge in [0.25, 0.3) is 0 Å². The van der Waals surface area contributed by atoms with Crippen molar-refractivity contribution in [2.24, 2.45) is 0 Å². The third-order valence-corrected chi connectivity index (χ3v) is 4.75. The molecule has 1 fully saturated rings. The van der Waals surface area contributed by atoms with Crippen LogP contribution < -0.4 is 30.1 Å². The SMILES string of the molecule is O=C(C[C@@H]([NH2+]CCC[NH+]1CCOCC1)C(=O)[O-])Nc1ccc2c(c1)OCO2. The number of amides is 1. The molecule has 1 saturated heterocycles. The number of carboxylic acids is 1. The van der Waals surface area contributed by atoms with Crippen LogP contribution in [-0.4, -0.2) is 64.1 Å². The first-order valence-corrected chi connectivity index (χ1v) is 9.27. The number of quaternary nitrogens is 2. The van der Waals surface area contributed by atoms with E-state index < -0.39 is 12.0 Å². The normalized spacial score (nSPS) is 17.5. The molecule has 2 aliphatic rings. The second kappa shape index (κ2) is 9.54. The number of fused-ring (bicyclic) bond motifs is 1. The van der Waals surface area contributed by atoms with E-state index >= 15 is 0 Å². The Morgan fingerprint density at radius 2 is 2.00 bits per heavy atom. The Morgan fingerprint density at radius 1 is 1.22 bits per heavy atom. The van der Waals surface area contributed by atoms with Crippen LogP contribution in [0.15, 0.2) is 18.2 Å². The number of rotatable bonds is 9. The molecule has 0 aliphatic carbocycles. The third kappa shape index (κ3) is 5.81. The maximum absolute atomic E-state index is 12.2. The summed E-state index contributed by atoms with van der Waals surface area (Å²) in [5.41, 5.74) is 0.539. The van der Waals surface area contributed by atoms with Gasteiger partial charge in [0.15, 0.2) is 11.5 Å². The number of ether oxygens (including phenoxy) is 3. The summed E-state index contributed by atoms with van der Waals surface area (Å²) in [7, 11) is 0. The molecule has 0 unspecified atom stereocenters. The number of anilines is 1. The summed E-state index contributed by atoms with van der Waals surface area (Å²) in [6.45, 7) is 5.30. The zero-order chi connectivity index (χ0) is 19.1. The van der Waals surface area contributed by atoms with E-state index in [1.54, 1.807) is 23.5 Å². The molecule has 1 aromatic rings. The van der Waals surface area contributed by atoms with Crippen molar-refractivity contribution in [2.45, 2.75) is 18.9 Å². The molecule has 0 radical (unpaired) electrons. The fraction of sp³-hybridized carbons (Fsp3) is 0.556. The number of carbonyl (C=O) groups is 2. The Labute approximate surface area is 157 Å². The quantitative estimate of drug-likeness (QED) is 0.387. The van der Waals surface area contributed by atoms with Gasteiger partial charge in [-0.25, -0.2) is 0 Å². The molecule has 9 heteroatoms. The smallest absolute Gasteiger partial charge is 0.231 e.